The van der Waals surface area contributed by atoms with E-state index < -0.39 is 5.92 Å². The van der Waals surface area contributed by atoms with Crippen molar-refractivity contribution in [3.8, 4) is 34.7 Å². The number of ether oxygens (including phenoxy) is 3. The first-order valence-electron chi connectivity index (χ1n) is 8.71. The highest BCUT2D eigenvalue weighted by molar-refractivity contribution is 6.30. The number of hydrogen-bond donors (Lipinski definition) is 2. The number of methoxy groups -OCH3 is 2. The van der Waals surface area contributed by atoms with Crippen LogP contribution in [0.3, 0.4) is 0 Å². The van der Waals surface area contributed by atoms with Gasteiger partial charge in [0.15, 0.2) is 11.5 Å². The Hall–Kier alpha value is -3.63. The van der Waals surface area contributed by atoms with Gasteiger partial charge in [-0.1, -0.05) is 29.8 Å². The van der Waals surface area contributed by atoms with E-state index in [-0.39, 0.29) is 5.88 Å². The van der Waals surface area contributed by atoms with Crippen molar-refractivity contribution >= 4 is 11.6 Å². The Morgan fingerprint density at radius 1 is 1.14 bits per heavy atom. The van der Waals surface area contributed by atoms with Gasteiger partial charge in [0, 0.05) is 10.6 Å². The lowest BCUT2D eigenvalue weighted by Gasteiger charge is -2.24. The normalized spacial score (nSPS) is 15.3. The largest absolute Gasteiger partial charge is 0.493 e. The maximum Gasteiger partial charge on any atom is 0.244 e. The molecule has 146 valence electrons. The van der Waals surface area contributed by atoms with Gasteiger partial charge in [0.2, 0.25) is 11.8 Å². The molecule has 1 aliphatic rings. The minimum absolute atomic E-state index is 0.0222. The van der Waals surface area contributed by atoms with Gasteiger partial charge >= 0.3 is 0 Å². The molecular weight excluding hydrogens is 392 g/mol. The summed E-state index contributed by atoms with van der Waals surface area (Å²) >= 11 is 6.02. The molecule has 29 heavy (non-hydrogen) atoms. The molecule has 4 rings (SSSR count). The van der Waals surface area contributed by atoms with E-state index in [1.807, 2.05) is 24.3 Å². The molecule has 1 atom stereocenters. The second-order valence-electron chi connectivity index (χ2n) is 6.36. The molecule has 0 radical (unpaired) electrons. The summed E-state index contributed by atoms with van der Waals surface area (Å²) in [6, 6.07) is 15.0. The van der Waals surface area contributed by atoms with Gasteiger partial charge in [-0.2, -0.15) is 5.26 Å². The molecule has 7 nitrogen and oxygen atoms in total. The van der Waals surface area contributed by atoms with Crippen LogP contribution in [-0.2, 0) is 0 Å². The van der Waals surface area contributed by atoms with Crippen LogP contribution < -0.4 is 19.9 Å². The first kappa shape index (κ1) is 18.7. The maximum absolute atomic E-state index is 9.81. The second kappa shape index (κ2) is 7.41. The fourth-order valence-corrected chi connectivity index (χ4v) is 3.57. The van der Waals surface area contributed by atoms with Gasteiger partial charge in [-0.25, -0.2) is 0 Å². The van der Waals surface area contributed by atoms with E-state index >= 15 is 0 Å². The number of nitrogens with one attached hydrogen (secondary N) is 1. The Bertz CT molecular complexity index is 1150. The lowest BCUT2D eigenvalue weighted by Crippen LogP contribution is -2.21. The SMILES string of the molecule is COc1ccc([C@H]2C(C#N)=C(N)Oc3n[nH]c(-c4ccc(Cl)cc4)c32)cc1OC. The van der Waals surface area contributed by atoms with Gasteiger partial charge in [-0.3, -0.25) is 5.10 Å². The van der Waals surface area contributed by atoms with Crippen LogP contribution in [0, 0.1) is 11.3 Å². The van der Waals surface area contributed by atoms with Gasteiger partial charge in [0.05, 0.1) is 31.4 Å². The number of nitrogens with two attached hydrogens (primary N) is 1. The van der Waals surface area contributed by atoms with E-state index in [2.05, 4.69) is 16.3 Å². The number of hydrogen-bond acceptors (Lipinski definition) is 6. The monoisotopic (exact) mass is 408 g/mol. The van der Waals surface area contributed by atoms with E-state index in [4.69, 9.17) is 31.5 Å². The molecule has 1 aliphatic heterocycles. The summed E-state index contributed by atoms with van der Waals surface area (Å²) in [6.45, 7) is 0. The third kappa shape index (κ3) is 3.13. The summed E-state index contributed by atoms with van der Waals surface area (Å²) in [5.41, 5.74) is 9.41. The molecule has 8 heteroatoms. The molecule has 3 N–H and O–H groups in total. The first-order chi connectivity index (χ1) is 14.1. The van der Waals surface area contributed by atoms with Crippen molar-refractivity contribution in [3.05, 3.63) is 70.1 Å². The molecule has 0 fully saturated rings. The Labute approximate surface area is 172 Å². The lowest BCUT2D eigenvalue weighted by molar-refractivity contribution is 0.354. The summed E-state index contributed by atoms with van der Waals surface area (Å²) in [6.07, 6.45) is 0. The van der Waals surface area contributed by atoms with Crippen molar-refractivity contribution in [2.75, 3.05) is 14.2 Å². The van der Waals surface area contributed by atoms with E-state index in [1.54, 1.807) is 32.4 Å². The number of nitriles is 1. The predicted octanol–water partition coefficient (Wildman–Crippen LogP) is 3.97. The van der Waals surface area contributed by atoms with Crippen molar-refractivity contribution in [1.29, 1.82) is 5.26 Å². The fraction of sp³-hybridized carbons (Fsp3) is 0.143. The van der Waals surface area contributed by atoms with Crippen molar-refractivity contribution < 1.29 is 14.2 Å². The Kier molecular flexibility index (Phi) is 4.79. The number of aromatic nitrogens is 2. The van der Waals surface area contributed by atoms with E-state index in [0.717, 1.165) is 16.8 Å². The fourth-order valence-electron chi connectivity index (χ4n) is 3.45. The number of benzene rings is 2. The van der Waals surface area contributed by atoms with Gasteiger partial charge in [0.1, 0.15) is 11.6 Å². The summed E-state index contributed by atoms with van der Waals surface area (Å²) in [5.74, 6) is 0.989. The number of halogens is 1. The molecule has 0 unspecified atom stereocenters. The van der Waals surface area contributed by atoms with Crippen molar-refractivity contribution in [2.45, 2.75) is 5.92 Å². The Morgan fingerprint density at radius 3 is 2.52 bits per heavy atom. The average molecular weight is 409 g/mol. The number of fused-ring (bicyclic) bond motifs is 1. The topological polar surface area (TPSA) is 106 Å². The maximum atomic E-state index is 9.81. The molecule has 0 bridgehead atoms. The van der Waals surface area contributed by atoms with Crippen LogP contribution in [0.25, 0.3) is 11.3 Å². The molecule has 2 heterocycles. The summed E-state index contributed by atoms with van der Waals surface area (Å²) in [7, 11) is 3.13. The van der Waals surface area contributed by atoms with Gasteiger partial charge < -0.3 is 19.9 Å². The van der Waals surface area contributed by atoms with Crippen LogP contribution in [0.5, 0.6) is 17.4 Å². The van der Waals surface area contributed by atoms with Crippen LogP contribution in [0.1, 0.15) is 17.0 Å². The van der Waals surface area contributed by atoms with Crippen LogP contribution in [0.15, 0.2) is 53.9 Å². The van der Waals surface area contributed by atoms with Crippen LogP contribution in [0.2, 0.25) is 5.02 Å². The van der Waals surface area contributed by atoms with E-state index in [9.17, 15) is 5.26 Å². The average Bonchev–Trinajstić information content (AvgIpc) is 3.16. The van der Waals surface area contributed by atoms with Crippen molar-refractivity contribution in [2.24, 2.45) is 5.73 Å². The van der Waals surface area contributed by atoms with Crippen molar-refractivity contribution in [1.82, 2.24) is 10.2 Å². The minimum atomic E-state index is -0.493. The van der Waals surface area contributed by atoms with E-state index in [0.29, 0.717) is 33.5 Å². The molecular formula is C21H17ClN4O3. The zero-order chi connectivity index (χ0) is 20.5. The highest BCUT2D eigenvalue weighted by atomic mass is 35.5. The molecule has 0 aliphatic carbocycles. The third-order valence-corrected chi connectivity index (χ3v) is 5.06. The smallest absolute Gasteiger partial charge is 0.244 e. The second-order valence-corrected chi connectivity index (χ2v) is 6.80. The molecule has 0 spiro atoms. The molecule has 2 aromatic carbocycles. The number of aromatic amines is 1. The van der Waals surface area contributed by atoms with Gasteiger partial charge in [-0.15, -0.1) is 5.10 Å². The third-order valence-electron chi connectivity index (χ3n) is 4.81. The summed E-state index contributed by atoms with van der Waals surface area (Å²) in [5, 5.41) is 17.7. The van der Waals surface area contributed by atoms with Crippen molar-refractivity contribution in [3.63, 3.8) is 0 Å². The lowest BCUT2D eigenvalue weighted by atomic mass is 9.83. The highest BCUT2D eigenvalue weighted by Gasteiger charge is 2.36. The van der Waals surface area contributed by atoms with E-state index in [1.165, 1.54) is 0 Å². The Morgan fingerprint density at radius 2 is 1.86 bits per heavy atom. The highest BCUT2D eigenvalue weighted by Crippen LogP contribution is 2.47. The van der Waals surface area contributed by atoms with Crippen LogP contribution >= 0.6 is 11.6 Å². The predicted molar refractivity (Wildman–Crippen MR) is 108 cm³/mol. The van der Waals surface area contributed by atoms with Crippen LogP contribution in [0.4, 0.5) is 0 Å². The number of nitrogens with zero attached hydrogens (tertiary/aromatic N) is 2. The number of rotatable bonds is 4. The molecule has 0 amide bonds. The zero-order valence-electron chi connectivity index (χ0n) is 15.7. The summed E-state index contributed by atoms with van der Waals surface area (Å²) < 4.78 is 16.4. The first-order valence-corrected chi connectivity index (χ1v) is 9.08. The number of allylic oxidation sites excluding steroid dienone is 1. The quantitative estimate of drug-likeness (QED) is 0.676. The zero-order valence-corrected chi connectivity index (χ0v) is 16.4. The minimum Gasteiger partial charge on any atom is -0.493 e. The number of H-pyrrole nitrogens is 1. The van der Waals surface area contributed by atoms with Crippen LogP contribution in [-0.4, -0.2) is 24.4 Å². The molecule has 3 aromatic rings. The van der Waals surface area contributed by atoms with Gasteiger partial charge in [0.25, 0.3) is 0 Å². The molecule has 0 saturated carbocycles. The summed E-state index contributed by atoms with van der Waals surface area (Å²) in [4.78, 5) is 0. The molecule has 1 aromatic heterocycles. The standard InChI is InChI=1S/C21H17ClN4O3/c1-27-15-8-5-12(9-16(15)28-2)17-14(10-23)20(24)29-21-18(17)19(25-26-21)11-3-6-13(22)7-4-11/h3-9,17H,24H2,1-2H3,(H,25,26)/t17-/m0/s1. The Balaban J connectivity index is 1.93. The molecule has 0 saturated heterocycles. The van der Waals surface area contributed by atoms with Gasteiger partial charge in [-0.05, 0) is 29.8 Å².